The van der Waals surface area contributed by atoms with Crippen LogP contribution in [-0.4, -0.2) is 36.0 Å². The summed E-state index contributed by atoms with van der Waals surface area (Å²) in [5, 5.41) is 3.09. The molecule has 1 N–H and O–H groups in total. The third-order valence-electron chi connectivity index (χ3n) is 7.52. The van der Waals surface area contributed by atoms with E-state index in [0.29, 0.717) is 30.6 Å². The number of sulfonamides is 1. The number of hydrogen-bond acceptors (Lipinski definition) is 3. The van der Waals surface area contributed by atoms with E-state index in [-0.39, 0.29) is 20.5 Å². The van der Waals surface area contributed by atoms with Crippen LogP contribution < -0.4 is 5.32 Å². The van der Waals surface area contributed by atoms with E-state index in [1.165, 1.54) is 19.3 Å². The lowest BCUT2D eigenvalue weighted by Gasteiger charge is -2.59. The highest BCUT2D eigenvalue weighted by atomic mass is 79.9. The molecule has 1 saturated heterocycles. The van der Waals surface area contributed by atoms with Crippen LogP contribution in [0.4, 0.5) is 5.69 Å². The topological polar surface area (TPSA) is 66.5 Å². The first kappa shape index (κ1) is 20.0. The fourth-order valence-corrected chi connectivity index (χ4v) is 9.68. The minimum absolute atomic E-state index is 0.0722. The van der Waals surface area contributed by atoms with Gasteiger partial charge in [-0.2, -0.15) is 4.31 Å². The van der Waals surface area contributed by atoms with Gasteiger partial charge in [0.2, 0.25) is 15.9 Å². The number of carbonyl (C=O) groups is 1. The lowest BCUT2D eigenvalue weighted by molar-refractivity contribution is -0.138. The van der Waals surface area contributed by atoms with Gasteiger partial charge in [-0.15, -0.1) is 0 Å². The van der Waals surface area contributed by atoms with E-state index in [0.717, 1.165) is 38.5 Å². The molecule has 4 aliphatic carbocycles. The molecule has 1 aromatic rings. The number of piperidine rings is 1. The van der Waals surface area contributed by atoms with Crippen LogP contribution in [0.25, 0.3) is 0 Å². The van der Waals surface area contributed by atoms with E-state index in [4.69, 9.17) is 0 Å². The van der Waals surface area contributed by atoms with Gasteiger partial charge in [0.15, 0.2) is 0 Å². The molecule has 0 spiro atoms. The summed E-state index contributed by atoms with van der Waals surface area (Å²) >= 11 is 3.96. The number of halogens is 1. The van der Waals surface area contributed by atoms with Gasteiger partial charge in [-0.25, -0.2) is 8.42 Å². The summed E-state index contributed by atoms with van der Waals surface area (Å²) in [6.45, 7) is 1.16. The van der Waals surface area contributed by atoms with E-state index < -0.39 is 10.0 Å². The van der Waals surface area contributed by atoms with Crippen LogP contribution in [0.15, 0.2) is 29.2 Å². The Balaban J connectivity index is 1.36. The summed E-state index contributed by atoms with van der Waals surface area (Å²) < 4.78 is 27.7. The maximum atomic E-state index is 13.4. The fraction of sp³-hybridized carbons (Fsp3) is 0.682. The van der Waals surface area contributed by atoms with Crippen LogP contribution >= 0.6 is 15.9 Å². The first-order valence-electron chi connectivity index (χ1n) is 10.9. The number of carbonyl (C=O) groups excluding carboxylic acids is 1. The smallest absolute Gasteiger partial charge is 0.243 e. The van der Waals surface area contributed by atoms with Gasteiger partial charge in [0.25, 0.3) is 0 Å². The number of nitrogens with zero attached hydrogens (tertiary/aromatic N) is 1. The maximum absolute atomic E-state index is 13.4. The molecular formula is C22H29BrN2O3S. The summed E-state index contributed by atoms with van der Waals surface area (Å²) in [7, 11) is -3.50. The minimum atomic E-state index is -3.50. The Kier molecular flexibility index (Phi) is 4.87. The van der Waals surface area contributed by atoms with Crippen molar-refractivity contribution >= 4 is 37.5 Å². The maximum Gasteiger partial charge on any atom is 0.243 e. The molecule has 0 aromatic heterocycles. The van der Waals surface area contributed by atoms with Crippen LogP contribution in [0.1, 0.15) is 57.8 Å². The van der Waals surface area contributed by atoms with Crippen molar-refractivity contribution < 1.29 is 13.2 Å². The molecule has 5 nitrogen and oxygen atoms in total. The van der Waals surface area contributed by atoms with Crippen molar-refractivity contribution in [2.24, 2.45) is 17.3 Å². The second-order valence-corrected chi connectivity index (χ2v) is 13.5. The first-order valence-corrected chi connectivity index (χ1v) is 13.1. The van der Waals surface area contributed by atoms with Gasteiger partial charge < -0.3 is 5.32 Å². The van der Waals surface area contributed by atoms with Gasteiger partial charge in [0.05, 0.1) is 10.3 Å². The van der Waals surface area contributed by atoms with Gasteiger partial charge >= 0.3 is 0 Å². The second-order valence-electron chi connectivity index (χ2n) is 9.84. The van der Waals surface area contributed by atoms with Crippen molar-refractivity contribution in [2.75, 3.05) is 18.4 Å². The summed E-state index contributed by atoms with van der Waals surface area (Å²) in [4.78, 5) is 13.7. The van der Waals surface area contributed by atoms with Gasteiger partial charge in [-0.3, -0.25) is 4.79 Å². The molecule has 1 amide bonds. The largest absolute Gasteiger partial charge is 0.326 e. The molecule has 0 radical (unpaired) electrons. The molecule has 1 heterocycles. The Hall–Kier alpha value is -0.920. The SMILES string of the molecule is O=C(Nc1cccc(S(=O)(=O)N2CCCCC2)c1)C12CC3CC(CC(Br)(C3)C1)C2. The average molecular weight is 481 g/mol. The molecule has 4 saturated carbocycles. The highest BCUT2D eigenvalue weighted by molar-refractivity contribution is 9.10. The summed E-state index contributed by atoms with van der Waals surface area (Å²) in [6, 6.07) is 6.81. The van der Waals surface area contributed by atoms with Crippen LogP contribution in [0.3, 0.4) is 0 Å². The first-order chi connectivity index (χ1) is 13.8. The number of rotatable bonds is 4. The number of alkyl halides is 1. The molecule has 5 aliphatic rings. The molecule has 2 atom stereocenters. The van der Waals surface area contributed by atoms with Crippen molar-refractivity contribution in [1.29, 1.82) is 0 Å². The lowest BCUT2D eigenvalue weighted by Crippen LogP contribution is -2.57. The monoisotopic (exact) mass is 480 g/mol. The normalized spacial score (nSPS) is 36.9. The van der Waals surface area contributed by atoms with Crippen LogP contribution in [0.5, 0.6) is 0 Å². The van der Waals surface area contributed by atoms with Gasteiger partial charge in [-0.1, -0.05) is 28.4 Å². The molecule has 1 aliphatic heterocycles. The quantitative estimate of drug-likeness (QED) is 0.643. The highest BCUT2D eigenvalue weighted by Crippen LogP contribution is 2.64. The Morgan fingerprint density at radius 2 is 1.76 bits per heavy atom. The number of amides is 1. The third kappa shape index (κ3) is 3.57. The van der Waals surface area contributed by atoms with Crippen molar-refractivity contribution in [2.45, 2.75) is 67.0 Å². The number of hydrogen-bond donors (Lipinski definition) is 1. The second kappa shape index (κ2) is 7.06. The molecule has 2 unspecified atom stereocenters. The summed E-state index contributed by atoms with van der Waals surface area (Å²) in [5.41, 5.74) is 0.280. The molecular weight excluding hydrogens is 452 g/mol. The molecule has 4 bridgehead atoms. The zero-order valence-corrected chi connectivity index (χ0v) is 19.1. The standard InChI is InChI=1S/C22H29BrN2O3S/c23-22-13-16-9-17(14-22)12-21(11-16,15-22)20(26)24-18-5-4-6-19(10-18)29(27,28)25-7-2-1-3-8-25/h4-6,10,16-17H,1-3,7-9,11-15H2,(H,24,26). The van der Waals surface area contributed by atoms with Crippen molar-refractivity contribution in [3.05, 3.63) is 24.3 Å². The molecule has 6 rings (SSSR count). The summed E-state index contributed by atoms with van der Waals surface area (Å²) in [6.07, 6.45) is 9.36. The number of nitrogens with one attached hydrogen (secondary N) is 1. The van der Waals surface area contributed by atoms with E-state index >= 15 is 0 Å². The van der Waals surface area contributed by atoms with Gasteiger partial charge in [0.1, 0.15) is 0 Å². The van der Waals surface area contributed by atoms with Crippen LogP contribution in [-0.2, 0) is 14.8 Å². The zero-order valence-electron chi connectivity index (χ0n) is 16.7. The molecule has 29 heavy (non-hydrogen) atoms. The Morgan fingerprint density at radius 1 is 1.07 bits per heavy atom. The van der Waals surface area contributed by atoms with E-state index in [1.54, 1.807) is 28.6 Å². The van der Waals surface area contributed by atoms with Gasteiger partial charge in [-0.05, 0) is 81.4 Å². The van der Waals surface area contributed by atoms with Crippen LogP contribution in [0, 0.1) is 17.3 Å². The fourth-order valence-electron chi connectivity index (χ4n) is 6.67. The van der Waals surface area contributed by atoms with E-state index in [2.05, 4.69) is 21.2 Å². The molecule has 1 aromatic carbocycles. The third-order valence-corrected chi connectivity index (χ3v) is 10.3. The Morgan fingerprint density at radius 3 is 2.41 bits per heavy atom. The predicted molar refractivity (Wildman–Crippen MR) is 116 cm³/mol. The highest BCUT2D eigenvalue weighted by Gasteiger charge is 2.59. The minimum Gasteiger partial charge on any atom is -0.326 e. The van der Waals surface area contributed by atoms with Crippen LogP contribution in [0.2, 0.25) is 0 Å². The van der Waals surface area contributed by atoms with E-state index in [1.807, 2.05) is 0 Å². The molecule has 158 valence electrons. The molecule has 5 fully saturated rings. The van der Waals surface area contributed by atoms with Crippen molar-refractivity contribution in [3.8, 4) is 0 Å². The van der Waals surface area contributed by atoms with Crippen molar-refractivity contribution in [3.63, 3.8) is 0 Å². The van der Waals surface area contributed by atoms with Gasteiger partial charge in [0, 0.05) is 23.1 Å². The number of anilines is 1. The summed E-state index contributed by atoms with van der Waals surface area (Å²) in [5.74, 6) is 1.34. The lowest BCUT2D eigenvalue weighted by atomic mass is 9.49. The Bertz CT molecular complexity index is 912. The Labute approximate surface area is 181 Å². The van der Waals surface area contributed by atoms with E-state index in [9.17, 15) is 13.2 Å². The number of benzene rings is 1. The average Bonchev–Trinajstić information content (AvgIpc) is 2.67. The van der Waals surface area contributed by atoms with Crippen molar-refractivity contribution in [1.82, 2.24) is 4.31 Å². The molecule has 7 heteroatoms. The zero-order chi connectivity index (χ0) is 20.3. The predicted octanol–water partition coefficient (Wildman–Crippen LogP) is 4.53.